The van der Waals surface area contributed by atoms with Crippen molar-refractivity contribution in [1.82, 2.24) is 5.48 Å². The summed E-state index contributed by atoms with van der Waals surface area (Å²) in [5.74, 6) is -1.32. The van der Waals surface area contributed by atoms with Crippen molar-refractivity contribution in [2.45, 2.75) is 45.6 Å². The van der Waals surface area contributed by atoms with Crippen LogP contribution in [0.15, 0.2) is 11.3 Å². The van der Waals surface area contributed by atoms with Crippen molar-refractivity contribution in [3.05, 3.63) is 11.3 Å². The maximum atomic E-state index is 12.2. The zero-order chi connectivity index (χ0) is 15.1. The van der Waals surface area contributed by atoms with Gasteiger partial charge in [0.1, 0.15) is 5.76 Å². The van der Waals surface area contributed by atoms with E-state index in [1.54, 1.807) is 0 Å². The van der Waals surface area contributed by atoms with E-state index >= 15 is 0 Å². The van der Waals surface area contributed by atoms with Gasteiger partial charge in [-0.05, 0) is 13.3 Å². The van der Waals surface area contributed by atoms with Gasteiger partial charge in [-0.1, -0.05) is 13.3 Å². The summed E-state index contributed by atoms with van der Waals surface area (Å²) < 4.78 is 4.63. The summed E-state index contributed by atoms with van der Waals surface area (Å²) >= 11 is 0. The Hall–Kier alpha value is -1.40. The predicted octanol–water partition coefficient (Wildman–Crippen LogP) is 1.66. The van der Waals surface area contributed by atoms with E-state index in [1.165, 1.54) is 7.11 Å². The normalized spacial score (nSPS) is 20.9. The van der Waals surface area contributed by atoms with E-state index in [2.05, 4.69) is 10.2 Å². The van der Waals surface area contributed by atoms with Crippen LogP contribution in [-0.4, -0.2) is 36.6 Å². The highest BCUT2D eigenvalue weighted by molar-refractivity contribution is 6.00. The van der Waals surface area contributed by atoms with Crippen LogP contribution >= 0.6 is 0 Å². The molecule has 0 fully saturated rings. The van der Waals surface area contributed by atoms with Crippen molar-refractivity contribution in [1.29, 1.82) is 0 Å². The molecular weight excluding hydrogens is 262 g/mol. The first kappa shape index (κ1) is 16.7. The van der Waals surface area contributed by atoms with Gasteiger partial charge >= 0.3 is 5.97 Å². The monoisotopic (exact) mass is 285 g/mol. The van der Waals surface area contributed by atoms with E-state index in [0.29, 0.717) is 18.6 Å². The number of esters is 1. The Balaban J connectivity index is 2.90. The number of hydrogen-bond acceptors (Lipinski definition) is 6. The topological polar surface area (TPSA) is 84.9 Å². The number of methoxy groups -OCH3 is 1. The third-order valence-corrected chi connectivity index (χ3v) is 3.31. The largest absolute Gasteiger partial charge is 0.512 e. The molecule has 20 heavy (non-hydrogen) atoms. The minimum absolute atomic E-state index is 0.0395. The zero-order valence-electron chi connectivity index (χ0n) is 12.3. The average molecular weight is 285 g/mol. The van der Waals surface area contributed by atoms with Gasteiger partial charge < -0.3 is 14.7 Å². The van der Waals surface area contributed by atoms with Crippen LogP contribution in [0.2, 0.25) is 0 Å². The number of ether oxygens (including phenoxy) is 1. The van der Waals surface area contributed by atoms with Crippen molar-refractivity contribution in [3.8, 4) is 0 Å². The Labute approximate surface area is 119 Å². The Morgan fingerprint density at radius 3 is 2.65 bits per heavy atom. The first-order valence-electron chi connectivity index (χ1n) is 6.95. The quantitative estimate of drug-likeness (QED) is 0.546. The summed E-state index contributed by atoms with van der Waals surface area (Å²) in [6.45, 7) is 4.29. The third-order valence-electron chi connectivity index (χ3n) is 3.31. The van der Waals surface area contributed by atoms with Crippen LogP contribution in [0.4, 0.5) is 0 Å². The fourth-order valence-corrected chi connectivity index (χ4v) is 2.37. The van der Waals surface area contributed by atoms with E-state index in [-0.39, 0.29) is 30.4 Å². The zero-order valence-corrected chi connectivity index (χ0v) is 12.3. The van der Waals surface area contributed by atoms with Crippen molar-refractivity contribution < 1.29 is 24.3 Å². The number of ketones is 1. The molecule has 2 unspecified atom stereocenters. The number of rotatable bonds is 7. The first-order chi connectivity index (χ1) is 9.54. The highest BCUT2D eigenvalue weighted by Crippen LogP contribution is 2.29. The highest BCUT2D eigenvalue weighted by atomic mass is 16.6. The third kappa shape index (κ3) is 4.05. The number of allylic oxidation sites excluding steroid dienone is 1. The molecule has 0 saturated heterocycles. The molecule has 0 aromatic carbocycles. The SMILES string of the molecule is CCCC(NOCC)C1=C(O)CC(C(=O)OC)CC1=O. The minimum atomic E-state index is -0.592. The second kappa shape index (κ2) is 8.01. The number of aliphatic hydroxyl groups excluding tert-OH is 1. The molecule has 0 saturated carbocycles. The molecule has 1 aliphatic carbocycles. The van der Waals surface area contributed by atoms with Gasteiger partial charge in [-0.2, -0.15) is 5.48 Å². The van der Waals surface area contributed by atoms with Crippen molar-refractivity contribution in [3.63, 3.8) is 0 Å². The summed E-state index contributed by atoms with van der Waals surface area (Å²) in [5.41, 5.74) is 3.14. The Bertz CT molecular complexity index is 391. The van der Waals surface area contributed by atoms with Crippen LogP contribution in [0, 0.1) is 5.92 Å². The summed E-state index contributed by atoms with van der Waals surface area (Å²) in [4.78, 5) is 28.8. The molecule has 2 atom stereocenters. The van der Waals surface area contributed by atoms with Gasteiger partial charge in [0.25, 0.3) is 0 Å². The maximum absolute atomic E-state index is 12.2. The molecule has 6 heteroatoms. The number of hydroxylamine groups is 1. The van der Waals surface area contributed by atoms with E-state index in [9.17, 15) is 14.7 Å². The molecule has 1 aliphatic rings. The lowest BCUT2D eigenvalue weighted by atomic mass is 9.83. The summed E-state index contributed by atoms with van der Waals surface area (Å²) in [6, 6.07) is -0.342. The van der Waals surface area contributed by atoms with Crippen LogP contribution in [0.1, 0.15) is 39.5 Å². The molecule has 1 rings (SSSR count). The van der Waals surface area contributed by atoms with Crippen molar-refractivity contribution in [2.24, 2.45) is 5.92 Å². The lowest BCUT2D eigenvalue weighted by Gasteiger charge is -2.27. The molecule has 2 N–H and O–H groups in total. The van der Waals surface area contributed by atoms with E-state index < -0.39 is 11.9 Å². The number of Topliss-reactive ketones (excluding diaryl/α,β-unsaturated/α-hetero) is 1. The number of carbonyl (C=O) groups excluding carboxylic acids is 2. The van der Waals surface area contributed by atoms with Gasteiger partial charge in [0, 0.05) is 12.8 Å². The predicted molar refractivity (Wildman–Crippen MR) is 72.9 cm³/mol. The van der Waals surface area contributed by atoms with Crippen LogP contribution in [0.5, 0.6) is 0 Å². The standard InChI is InChI=1S/C14H23NO5/c1-4-6-10(15-20-5-2)13-11(16)7-9(8-12(13)17)14(18)19-3/h9-10,15-16H,4-8H2,1-3H3. The lowest BCUT2D eigenvalue weighted by molar-refractivity contribution is -0.147. The fraction of sp³-hybridized carbons (Fsp3) is 0.714. The average Bonchev–Trinajstić information content (AvgIpc) is 2.42. The van der Waals surface area contributed by atoms with Gasteiger partial charge in [0.2, 0.25) is 0 Å². The number of nitrogens with one attached hydrogen (secondary N) is 1. The van der Waals surface area contributed by atoms with Crippen LogP contribution in [-0.2, 0) is 19.2 Å². The Morgan fingerprint density at radius 2 is 2.15 bits per heavy atom. The summed E-state index contributed by atoms with van der Waals surface area (Å²) in [7, 11) is 1.28. The van der Waals surface area contributed by atoms with Gasteiger partial charge in [-0.3, -0.25) is 9.59 Å². The highest BCUT2D eigenvalue weighted by Gasteiger charge is 2.35. The van der Waals surface area contributed by atoms with Crippen molar-refractivity contribution in [2.75, 3.05) is 13.7 Å². The van der Waals surface area contributed by atoms with Gasteiger partial charge in [-0.25, -0.2) is 0 Å². The van der Waals surface area contributed by atoms with E-state index in [0.717, 1.165) is 6.42 Å². The van der Waals surface area contributed by atoms with Crippen LogP contribution in [0.3, 0.4) is 0 Å². The Morgan fingerprint density at radius 1 is 1.45 bits per heavy atom. The molecule has 0 radical (unpaired) electrons. The number of hydrogen-bond donors (Lipinski definition) is 2. The van der Waals surface area contributed by atoms with Gasteiger partial charge in [0.15, 0.2) is 5.78 Å². The molecule has 114 valence electrons. The van der Waals surface area contributed by atoms with E-state index in [1.807, 2.05) is 13.8 Å². The Kier molecular flexibility index (Phi) is 6.67. The number of aliphatic hydroxyl groups is 1. The molecule has 6 nitrogen and oxygen atoms in total. The summed E-state index contributed by atoms with van der Waals surface area (Å²) in [5, 5.41) is 10.1. The van der Waals surface area contributed by atoms with Crippen molar-refractivity contribution >= 4 is 11.8 Å². The second-order valence-electron chi connectivity index (χ2n) is 4.80. The molecule has 0 heterocycles. The van der Waals surface area contributed by atoms with E-state index in [4.69, 9.17) is 4.84 Å². The smallest absolute Gasteiger partial charge is 0.309 e. The van der Waals surface area contributed by atoms with Gasteiger partial charge in [-0.15, -0.1) is 0 Å². The summed E-state index contributed by atoms with van der Waals surface area (Å²) in [6.07, 6.45) is 1.73. The molecular formula is C14H23NO5. The molecule has 0 aliphatic heterocycles. The minimum Gasteiger partial charge on any atom is -0.512 e. The van der Waals surface area contributed by atoms with Crippen LogP contribution < -0.4 is 5.48 Å². The molecule has 0 bridgehead atoms. The molecule has 0 amide bonds. The molecule has 0 aromatic heterocycles. The lowest BCUT2D eigenvalue weighted by Crippen LogP contribution is -2.38. The molecule has 0 spiro atoms. The number of carbonyl (C=O) groups is 2. The van der Waals surface area contributed by atoms with Crippen LogP contribution in [0.25, 0.3) is 0 Å². The maximum Gasteiger partial charge on any atom is 0.309 e. The van der Waals surface area contributed by atoms with Gasteiger partial charge in [0.05, 0.1) is 31.2 Å². The second-order valence-corrected chi connectivity index (χ2v) is 4.80. The fourth-order valence-electron chi connectivity index (χ4n) is 2.37. The first-order valence-corrected chi connectivity index (χ1v) is 6.95. The molecule has 0 aromatic rings.